The Bertz CT molecular complexity index is 498. The first-order valence-corrected chi connectivity index (χ1v) is 8.51. The molecule has 0 bridgehead atoms. The molecule has 116 valence electrons. The number of aliphatic hydroxyl groups is 1. The number of hydrogen-bond acceptors (Lipinski definition) is 3. The first-order valence-electron chi connectivity index (χ1n) is 7.63. The lowest BCUT2D eigenvalue weighted by molar-refractivity contribution is 0.0690. The van der Waals surface area contributed by atoms with Gasteiger partial charge in [-0.3, -0.25) is 4.79 Å². The lowest BCUT2D eigenvalue weighted by atomic mass is 10.1. The molecule has 1 aromatic rings. The summed E-state index contributed by atoms with van der Waals surface area (Å²) in [5.41, 5.74) is 0.781. The molecule has 4 heteroatoms. The molecule has 21 heavy (non-hydrogen) atoms. The molecule has 0 radical (unpaired) electrons. The van der Waals surface area contributed by atoms with Crippen LogP contribution in [0.1, 0.15) is 61.7 Å². The summed E-state index contributed by atoms with van der Waals surface area (Å²) in [7, 11) is 0. The van der Waals surface area contributed by atoms with Gasteiger partial charge in [-0.1, -0.05) is 32.1 Å². The molecule has 1 heterocycles. The van der Waals surface area contributed by atoms with Gasteiger partial charge < -0.3 is 10.0 Å². The summed E-state index contributed by atoms with van der Waals surface area (Å²) in [5.74, 6) is 5.97. The number of carbonyl (C=O) groups excluding carboxylic acids is 1. The Kier molecular flexibility index (Phi) is 8.11. The second kappa shape index (κ2) is 9.59. The minimum Gasteiger partial charge on any atom is -0.395 e. The summed E-state index contributed by atoms with van der Waals surface area (Å²) in [6, 6.07) is 2.13. The molecule has 0 aliphatic rings. The van der Waals surface area contributed by atoms with Gasteiger partial charge in [-0.25, -0.2) is 0 Å². The van der Waals surface area contributed by atoms with Crippen molar-refractivity contribution < 1.29 is 9.90 Å². The molecule has 0 saturated heterocycles. The van der Waals surface area contributed by atoms with Crippen molar-refractivity contribution in [3.63, 3.8) is 0 Å². The molecular formula is C17H25NO2S. The molecule has 1 amide bonds. The van der Waals surface area contributed by atoms with E-state index >= 15 is 0 Å². The maximum Gasteiger partial charge on any atom is 0.265 e. The van der Waals surface area contributed by atoms with Gasteiger partial charge in [0.15, 0.2) is 0 Å². The molecule has 3 nitrogen and oxygen atoms in total. The summed E-state index contributed by atoms with van der Waals surface area (Å²) in [6.07, 6.45) is 3.49. The van der Waals surface area contributed by atoms with E-state index in [1.165, 1.54) is 11.3 Å². The van der Waals surface area contributed by atoms with Crippen LogP contribution in [0.3, 0.4) is 0 Å². The van der Waals surface area contributed by atoms with Crippen molar-refractivity contribution in [1.29, 1.82) is 0 Å². The topological polar surface area (TPSA) is 40.5 Å². The third kappa shape index (κ3) is 5.18. The Morgan fingerprint density at radius 3 is 2.86 bits per heavy atom. The Labute approximate surface area is 132 Å². The number of rotatable bonds is 7. The highest BCUT2D eigenvalue weighted by Gasteiger charge is 2.22. The van der Waals surface area contributed by atoms with E-state index in [2.05, 4.69) is 32.6 Å². The molecule has 0 aliphatic carbocycles. The molecule has 1 unspecified atom stereocenters. The lowest BCUT2D eigenvalue weighted by Gasteiger charge is -2.28. The zero-order valence-corrected chi connectivity index (χ0v) is 14.0. The van der Waals surface area contributed by atoms with Gasteiger partial charge in [-0.2, -0.15) is 0 Å². The molecule has 0 saturated carbocycles. The molecule has 1 atom stereocenters. The fraction of sp³-hybridized carbons (Fsp3) is 0.588. The summed E-state index contributed by atoms with van der Waals surface area (Å²) in [6.45, 7) is 7.18. The van der Waals surface area contributed by atoms with Gasteiger partial charge in [0.2, 0.25) is 0 Å². The highest BCUT2D eigenvalue weighted by molar-refractivity contribution is 7.12. The number of nitrogens with zero attached hydrogens (tertiary/aromatic N) is 1. The highest BCUT2D eigenvalue weighted by Crippen LogP contribution is 2.20. The highest BCUT2D eigenvalue weighted by atomic mass is 32.1. The van der Waals surface area contributed by atoms with E-state index in [1.54, 1.807) is 0 Å². The monoisotopic (exact) mass is 307 g/mol. The molecule has 0 aliphatic heterocycles. The first kappa shape index (κ1) is 17.7. The van der Waals surface area contributed by atoms with Gasteiger partial charge in [-0.15, -0.1) is 11.3 Å². The van der Waals surface area contributed by atoms with Crippen LogP contribution in [0, 0.1) is 11.8 Å². The number of amides is 1. The fourth-order valence-electron chi connectivity index (χ4n) is 1.99. The van der Waals surface area contributed by atoms with Crippen LogP contribution < -0.4 is 0 Å². The number of unbranched alkanes of at least 4 members (excludes halogenated alkanes) is 1. The van der Waals surface area contributed by atoms with Crippen molar-refractivity contribution in [3.8, 4) is 11.8 Å². The molecule has 1 N–H and O–H groups in total. The van der Waals surface area contributed by atoms with Gasteiger partial charge in [-0.05, 0) is 31.2 Å². The maximum absolute atomic E-state index is 12.8. The van der Waals surface area contributed by atoms with Crippen molar-refractivity contribution in [2.24, 2.45) is 0 Å². The van der Waals surface area contributed by atoms with Crippen molar-refractivity contribution in [1.82, 2.24) is 4.90 Å². The molecule has 1 aromatic heterocycles. The second-order valence-corrected chi connectivity index (χ2v) is 5.96. The average molecular weight is 307 g/mol. The molecule has 0 aromatic carbocycles. The third-order valence-corrected chi connectivity index (χ3v) is 4.36. The third-order valence-electron chi connectivity index (χ3n) is 3.46. The van der Waals surface area contributed by atoms with Crippen molar-refractivity contribution >= 4 is 17.2 Å². The Balaban J connectivity index is 2.94. The molecule has 0 fully saturated rings. The molecule has 0 spiro atoms. The van der Waals surface area contributed by atoms with Crippen molar-refractivity contribution in [2.45, 2.75) is 52.5 Å². The van der Waals surface area contributed by atoms with Crippen LogP contribution in [-0.2, 0) is 0 Å². The maximum atomic E-state index is 12.8. The zero-order chi connectivity index (χ0) is 15.7. The van der Waals surface area contributed by atoms with Gasteiger partial charge in [0.25, 0.3) is 5.91 Å². The summed E-state index contributed by atoms with van der Waals surface area (Å²) in [5, 5.41) is 10.7. The summed E-state index contributed by atoms with van der Waals surface area (Å²) >= 11 is 1.45. The predicted octanol–water partition coefficient (Wildman–Crippen LogP) is 3.52. The van der Waals surface area contributed by atoms with Crippen LogP contribution in [0.4, 0.5) is 0 Å². The van der Waals surface area contributed by atoms with Crippen LogP contribution in [-0.4, -0.2) is 35.1 Å². The van der Waals surface area contributed by atoms with E-state index in [4.69, 9.17) is 5.11 Å². The van der Waals surface area contributed by atoms with Crippen molar-refractivity contribution in [3.05, 3.63) is 21.9 Å². The summed E-state index contributed by atoms with van der Waals surface area (Å²) < 4.78 is 0. The SMILES string of the molecule is CCCCN(C(=O)c1sccc1C#CCCO)C(C)CC. The van der Waals surface area contributed by atoms with E-state index in [1.807, 2.05) is 16.3 Å². The van der Waals surface area contributed by atoms with Crippen LogP contribution >= 0.6 is 11.3 Å². The number of hydrogen-bond donors (Lipinski definition) is 1. The summed E-state index contributed by atoms with van der Waals surface area (Å²) in [4.78, 5) is 15.5. The fourth-order valence-corrected chi connectivity index (χ4v) is 2.79. The standard InChI is InChI=1S/C17H25NO2S/c1-4-6-11-18(14(3)5-2)17(20)16-15(10-13-21-16)9-7-8-12-19/h10,13-14,19H,4-6,8,11-12H2,1-3H3. The first-order chi connectivity index (χ1) is 10.2. The quantitative estimate of drug-likeness (QED) is 0.783. The Hall–Kier alpha value is -1.31. The van der Waals surface area contributed by atoms with Crippen LogP contribution in [0.15, 0.2) is 11.4 Å². The predicted molar refractivity (Wildman–Crippen MR) is 88.6 cm³/mol. The van der Waals surface area contributed by atoms with E-state index in [-0.39, 0.29) is 18.6 Å². The smallest absolute Gasteiger partial charge is 0.265 e. The second-order valence-electron chi connectivity index (χ2n) is 5.05. The van der Waals surface area contributed by atoms with Crippen molar-refractivity contribution in [2.75, 3.05) is 13.2 Å². The van der Waals surface area contributed by atoms with Gasteiger partial charge in [0, 0.05) is 24.6 Å². The van der Waals surface area contributed by atoms with E-state index in [9.17, 15) is 4.79 Å². The largest absolute Gasteiger partial charge is 0.395 e. The van der Waals surface area contributed by atoms with E-state index < -0.39 is 0 Å². The number of aliphatic hydroxyl groups excluding tert-OH is 1. The Morgan fingerprint density at radius 1 is 1.48 bits per heavy atom. The average Bonchev–Trinajstić information content (AvgIpc) is 2.95. The van der Waals surface area contributed by atoms with Gasteiger partial charge >= 0.3 is 0 Å². The minimum absolute atomic E-state index is 0.0515. The normalized spacial score (nSPS) is 11.6. The van der Waals surface area contributed by atoms with Gasteiger partial charge in [0.1, 0.15) is 4.88 Å². The molecule has 1 rings (SSSR count). The van der Waals surface area contributed by atoms with Crippen LogP contribution in [0.5, 0.6) is 0 Å². The van der Waals surface area contributed by atoms with Crippen LogP contribution in [0.2, 0.25) is 0 Å². The lowest BCUT2D eigenvalue weighted by Crippen LogP contribution is -2.39. The van der Waals surface area contributed by atoms with Gasteiger partial charge in [0.05, 0.1) is 6.61 Å². The van der Waals surface area contributed by atoms with E-state index in [0.29, 0.717) is 6.42 Å². The van der Waals surface area contributed by atoms with E-state index in [0.717, 1.165) is 36.2 Å². The minimum atomic E-state index is 0.0515. The van der Waals surface area contributed by atoms with Crippen LogP contribution in [0.25, 0.3) is 0 Å². The molecular weight excluding hydrogens is 282 g/mol. The number of carbonyl (C=O) groups is 1. The number of thiophene rings is 1. The Morgan fingerprint density at radius 2 is 2.24 bits per heavy atom. The zero-order valence-electron chi connectivity index (χ0n) is 13.2.